The molecule has 1 saturated heterocycles. The van der Waals surface area contributed by atoms with E-state index < -0.39 is 0 Å². The van der Waals surface area contributed by atoms with Crippen LogP contribution in [0.4, 0.5) is 5.69 Å². The molecule has 0 N–H and O–H groups in total. The zero-order valence-electron chi connectivity index (χ0n) is 15.2. The third kappa shape index (κ3) is 3.55. The summed E-state index contributed by atoms with van der Waals surface area (Å²) in [4.78, 5) is 16.8. The fraction of sp³-hybridized carbons (Fsp3) is 0.238. The van der Waals surface area contributed by atoms with Crippen molar-refractivity contribution in [3.63, 3.8) is 0 Å². The number of rotatable bonds is 2. The summed E-state index contributed by atoms with van der Waals surface area (Å²) in [6, 6.07) is 16.1. The summed E-state index contributed by atoms with van der Waals surface area (Å²) in [5, 5.41) is 11.4. The zero-order valence-corrected chi connectivity index (χ0v) is 18.3. The number of hydrogen-bond acceptors (Lipinski definition) is 4. The highest BCUT2D eigenvalue weighted by Crippen LogP contribution is 2.43. The van der Waals surface area contributed by atoms with Crippen LogP contribution in [0.25, 0.3) is 0 Å². The Morgan fingerprint density at radius 2 is 2.11 bits per heavy atom. The minimum absolute atomic E-state index is 0.0365. The molecule has 0 spiro atoms. The van der Waals surface area contributed by atoms with Crippen LogP contribution in [-0.4, -0.2) is 23.4 Å². The van der Waals surface area contributed by atoms with E-state index in [0.29, 0.717) is 29.6 Å². The molecule has 142 valence electrons. The average Bonchev–Trinajstić information content (AvgIpc) is 2.70. The number of nitrogens with zero attached hydrogens (tertiary/aromatic N) is 3. The highest BCUT2D eigenvalue weighted by Gasteiger charge is 2.38. The Bertz CT molecular complexity index is 1030. The molecule has 0 radical (unpaired) electrons. The number of carbonyl (C=O) groups is 1. The van der Waals surface area contributed by atoms with Crippen molar-refractivity contribution in [2.75, 3.05) is 17.4 Å². The predicted octanol–water partition coefficient (Wildman–Crippen LogP) is 5.63. The lowest BCUT2D eigenvalue weighted by Gasteiger charge is -2.42. The summed E-state index contributed by atoms with van der Waals surface area (Å²) < 4.78 is 0.945. The third-order valence-corrected chi connectivity index (χ3v) is 7.12. The minimum atomic E-state index is -0.200. The number of benzene rings is 2. The SMILES string of the molecule is Cc1ccc(N2CSC3=C(C#N)[C@H](c4cccc(Br)c4)CC(=O)N3C2)cc1Cl. The van der Waals surface area contributed by atoms with Crippen molar-refractivity contribution < 1.29 is 4.79 Å². The van der Waals surface area contributed by atoms with Crippen LogP contribution in [0.15, 0.2) is 57.5 Å². The second-order valence-electron chi connectivity index (χ2n) is 6.85. The van der Waals surface area contributed by atoms with Crippen LogP contribution in [0, 0.1) is 18.3 Å². The maximum absolute atomic E-state index is 13.0. The second-order valence-corrected chi connectivity index (χ2v) is 9.11. The molecule has 1 atom stereocenters. The standard InChI is InChI=1S/C21H17BrClN3OS/c1-13-5-6-16(8-19(13)23)25-11-26-20(27)9-17(14-3-2-4-15(22)7-14)18(10-24)21(26)28-12-25/h2-8,17H,9,11-12H2,1H3/t17-/m0/s1. The molecular formula is C21H17BrClN3OS. The lowest BCUT2D eigenvalue weighted by Crippen LogP contribution is -2.47. The molecular weight excluding hydrogens is 458 g/mol. The van der Waals surface area contributed by atoms with Gasteiger partial charge in [0.25, 0.3) is 0 Å². The van der Waals surface area contributed by atoms with Crippen molar-refractivity contribution in [2.24, 2.45) is 0 Å². The number of carbonyl (C=O) groups excluding carboxylic acids is 1. The van der Waals surface area contributed by atoms with Gasteiger partial charge in [-0.25, -0.2) is 0 Å². The van der Waals surface area contributed by atoms with Gasteiger partial charge in [0.05, 0.1) is 29.2 Å². The lowest BCUT2D eigenvalue weighted by molar-refractivity contribution is -0.129. The minimum Gasteiger partial charge on any atom is -0.344 e. The highest BCUT2D eigenvalue weighted by atomic mass is 79.9. The Morgan fingerprint density at radius 3 is 2.82 bits per heavy atom. The molecule has 4 nitrogen and oxygen atoms in total. The highest BCUT2D eigenvalue weighted by molar-refractivity contribution is 9.10. The molecule has 1 fully saturated rings. The van der Waals surface area contributed by atoms with Gasteiger partial charge >= 0.3 is 0 Å². The topological polar surface area (TPSA) is 47.3 Å². The van der Waals surface area contributed by atoms with E-state index in [4.69, 9.17) is 11.6 Å². The average molecular weight is 475 g/mol. The molecule has 4 rings (SSSR count). The zero-order chi connectivity index (χ0) is 19.8. The van der Waals surface area contributed by atoms with Crippen LogP contribution < -0.4 is 4.90 Å². The Balaban J connectivity index is 1.67. The molecule has 0 bridgehead atoms. The van der Waals surface area contributed by atoms with E-state index in [2.05, 4.69) is 26.9 Å². The summed E-state index contributed by atoms with van der Waals surface area (Å²) in [5.41, 5.74) is 3.65. The molecule has 0 aromatic heterocycles. The van der Waals surface area contributed by atoms with E-state index in [1.165, 1.54) is 11.8 Å². The second kappa shape index (κ2) is 7.82. The van der Waals surface area contributed by atoms with Crippen LogP contribution in [-0.2, 0) is 4.79 Å². The Morgan fingerprint density at radius 1 is 1.29 bits per heavy atom. The number of nitriles is 1. The van der Waals surface area contributed by atoms with E-state index in [0.717, 1.165) is 26.3 Å². The first kappa shape index (κ1) is 19.4. The summed E-state index contributed by atoms with van der Waals surface area (Å²) in [5.74, 6) is 0.498. The number of hydrogen-bond donors (Lipinski definition) is 0. The van der Waals surface area contributed by atoms with E-state index in [1.54, 1.807) is 4.90 Å². The van der Waals surface area contributed by atoms with Crippen molar-refractivity contribution in [1.29, 1.82) is 5.26 Å². The molecule has 2 aliphatic heterocycles. The number of amides is 1. The van der Waals surface area contributed by atoms with Crippen molar-refractivity contribution >= 4 is 50.9 Å². The number of fused-ring (bicyclic) bond motifs is 1. The Hall–Kier alpha value is -1.94. The van der Waals surface area contributed by atoms with Gasteiger partial charge in [0.15, 0.2) is 0 Å². The van der Waals surface area contributed by atoms with Gasteiger partial charge < -0.3 is 4.90 Å². The van der Waals surface area contributed by atoms with Crippen molar-refractivity contribution in [3.05, 3.63) is 73.7 Å². The fourth-order valence-corrected chi connectivity index (χ4v) is 5.27. The van der Waals surface area contributed by atoms with Gasteiger partial charge in [-0.15, -0.1) is 0 Å². The molecule has 2 aromatic rings. The van der Waals surface area contributed by atoms with Gasteiger partial charge in [-0.3, -0.25) is 9.69 Å². The molecule has 2 heterocycles. The van der Waals surface area contributed by atoms with Gasteiger partial charge in [-0.1, -0.05) is 57.5 Å². The molecule has 0 saturated carbocycles. The maximum Gasteiger partial charge on any atom is 0.229 e. The van der Waals surface area contributed by atoms with Gasteiger partial charge in [0.1, 0.15) is 0 Å². The third-order valence-electron chi connectivity index (χ3n) is 5.07. The first-order valence-electron chi connectivity index (χ1n) is 8.82. The first-order chi connectivity index (χ1) is 13.5. The van der Waals surface area contributed by atoms with Gasteiger partial charge in [0.2, 0.25) is 5.91 Å². The molecule has 2 aliphatic rings. The van der Waals surface area contributed by atoms with Crippen LogP contribution in [0.2, 0.25) is 5.02 Å². The van der Waals surface area contributed by atoms with Crippen molar-refractivity contribution in [2.45, 2.75) is 19.3 Å². The molecule has 1 amide bonds. The van der Waals surface area contributed by atoms with Crippen LogP contribution in [0.5, 0.6) is 0 Å². The number of anilines is 1. The molecule has 0 aliphatic carbocycles. The van der Waals surface area contributed by atoms with E-state index >= 15 is 0 Å². The monoisotopic (exact) mass is 473 g/mol. The number of halogens is 2. The van der Waals surface area contributed by atoms with E-state index in [-0.39, 0.29) is 11.8 Å². The summed E-state index contributed by atoms with van der Waals surface area (Å²) >= 11 is 11.3. The molecule has 28 heavy (non-hydrogen) atoms. The van der Waals surface area contributed by atoms with Crippen molar-refractivity contribution in [1.82, 2.24) is 4.90 Å². The summed E-state index contributed by atoms with van der Waals surface area (Å²) in [6.07, 6.45) is 0.298. The number of thioether (sulfide) groups is 1. The van der Waals surface area contributed by atoms with Crippen LogP contribution in [0.3, 0.4) is 0 Å². The summed E-state index contributed by atoms with van der Waals surface area (Å²) in [6.45, 7) is 2.39. The predicted molar refractivity (Wildman–Crippen MR) is 117 cm³/mol. The largest absolute Gasteiger partial charge is 0.344 e. The van der Waals surface area contributed by atoms with Crippen LogP contribution in [0.1, 0.15) is 23.5 Å². The lowest BCUT2D eigenvalue weighted by atomic mass is 9.86. The Kier molecular flexibility index (Phi) is 5.42. The number of allylic oxidation sites excluding steroid dienone is 1. The normalized spacial score (nSPS) is 19.5. The smallest absolute Gasteiger partial charge is 0.229 e. The van der Waals surface area contributed by atoms with Crippen LogP contribution >= 0.6 is 39.3 Å². The molecule has 0 unspecified atom stereocenters. The quantitative estimate of drug-likeness (QED) is 0.566. The summed E-state index contributed by atoms with van der Waals surface area (Å²) in [7, 11) is 0. The van der Waals surface area contributed by atoms with Gasteiger partial charge in [0, 0.05) is 27.5 Å². The van der Waals surface area contributed by atoms with Crippen molar-refractivity contribution in [3.8, 4) is 6.07 Å². The number of aryl methyl sites for hydroxylation is 1. The fourth-order valence-electron chi connectivity index (χ4n) is 3.51. The van der Waals surface area contributed by atoms with Gasteiger partial charge in [-0.05, 0) is 42.3 Å². The van der Waals surface area contributed by atoms with E-state index in [1.807, 2.05) is 49.4 Å². The Labute approximate surface area is 181 Å². The molecule has 2 aromatic carbocycles. The van der Waals surface area contributed by atoms with E-state index in [9.17, 15) is 10.1 Å². The first-order valence-corrected chi connectivity index (χ1v) is 11.0. The maximum atomic E-state index is 13.0. The van der Waals surface area contributed by atoms with Gasteiger partial charge in [-0.2, -0.15) is 5.26 Å². The molecule has 7 heteroatoms.